The maximum atomic E-state index is 11.1. The molecule has 0 aromatic heterocycles. The Morgan fingerprint density at radius 2 is 1.58 bits per heavy atom. The van der Waals surface area contributed by atoms with Gasteiger partial charge in [-0.05, 0) is 0 Å². The minimum Gasteiger partial charge on any atom is -0.726 e. The second-order valence-electron chi connectivity index (χ2n) is 6.64. The van der Waals surface area contributed by atoms with Gasteiger partial charge in [0, 0.05) is 13.0 Å². The number of hydrogen-bond acceptors (Lipinski definition) is 14. The molecular formula is C14H22Na2O14S. The first-order chi connectivity index (χ1) is 13.4. The molecule has 14 nitrogen and oxygen atoms in total. The fraction of sp³-hybridized carbons (Fsp3) is 0.929. The average molecular weight is 492 g/mol. The standard InChI is InChI=1S/C14H24O14S.2Na/c1-4-10(6(15)5(26-13(4)24-2)3-25-29(21,22)23)27-14-9(18)7(16)8(17)11(28-14)12(19)20;;/h4-11,13-18H,3H2,1-2H3,(H,19,20)(H,21,22,23);;/q;2*+1/p-2/t4?,5?,6-,7+,8+,9?,10-,11?,13+,14-;;/m1../s1. The van der Waals surface area contributed by atoms with E-state index in [9.17, 15) is 43.3 Å². The van der Waals surface area contributed by atoms with E-state index >= 15 is 0 Å². The number of aliphatic hydroxyl groups is 4. The molecule has 2 rings (SSSR count). The van der Waals surface area contributed by atoms with E-state index in [-0.39, 0.29) is 59.1 Å². The van der Waals surface area contributed by atoms with Gasteiger partial charge in [-0.3, -0.25) is 4.18 Å². The third-order valence-corrected chi connectivity index (χ3v) is 5.10. The van der Waals surface area contributed by atoms with Gasteiger partial charge in [-0.2, -0.15) is 0 Å². The summed E-state index contributed by atoms with van der Waals surface area (Å²) in [6.07, 6.45) is -15.2. The molecule has 0 amide bonds. The molecular weight excluding hydrogens is 470 g/mol. The number of methoxy groups -OCH3 is 1. The first-order valence-corrected chi connectivity index (χ1v) is 9.73. The van der Waals surface area contributed by atoms with Crippen molar-refractivity contribution in [1.29, 1.82) is 0 Å². The summed E-state index contributed by atoms with van der Waals surface area (Å²) in [5.41, 5.74) is 0. The molecule has 0 radical (unpaired) electrons. The molecule has 2 heterocycles. The number of ether oxygens (including phenoxy) is 4. The van der Waals surface area contributed by atoms with Crippen LogP contribution in [0.5, 0.6) is 0 Å². The molecule has 10 atom stereocenters. The summed E-state index contributed by atoms with van der Waals surface area (Å²) in [6.45, 7) is 0.608. The molecule has 0 aliphatic carbocycles. The van der Waals surface area contributed by atoms with Crippen LogP contribution in [0.25, 0.3) is 0 Å². The summed E-state index contributed by atoms with van der Waals surface area (Å²) in [4.78, 5) is 11.1. The molecule has 17 heteroatoms. The Morgan fingerprint density at radius 3 is 2.06 bits per heavy atom. The Bertz CT molecular complexity index is 680. The van der Waals surface area contributed by atoms with Crippen molar-refractivity contribution in [2.45, 2.75) is 62.2 Å². The third-order valence-electron chi connectivity index (χ3n) is 4.68. The van der Waals surface area contributed by atoms with Gasteiger partial charge in [0.1, 0.15) is 36.6 Å². The Kier molecular flexibility index (Phi) is 13.6. The van der Waals surface area contributed by atoms with Crippen molar-refractivity contribution in [2.75, 3.05) is 13.7 Å². The van der Waals surface area contributed by atoms with Gasteiger partial charge < -0.3 is 53.8 Å². The smallest absolute Gasteiger partial charge is 0.726 e. The number of carboxylic acid groups (broad SMARTS) is 1. The van der Waals surface area contributed by atoms with Crippen LogP contribution in [-0.2, 0) is 38.3 Å². The van der Waals surface area contributed by atoms with E-state index in [2.05, 4.69) is 4.18 Å². The Balaban J connectivity index is 0.00000450. The number of aliphatic carboxylic acids is 1. The molecule has 31 heavy (non-hydrogen) atoms. The molecule has 4 unspecified atom stereocenters. The molecule has 2 saturated heterocycles. The number of carbonyl (C=O) groups excluding carboxylic acids is 1. The zero-order chi connectivity index (χ0) is 22.1. The number of hydrogen-bond donors (Lipinski definition) is 4. The first kappa shape index (κ1) is 32.0. The topological polar surface area (TPSA) is 224 Å². The SMILES string of the molecule is CO[C@H]1OC(COS(=O)(=O)[O-])[C@@H](O)[C@H](O[C@@H]2OC(C(=O)[O-])[C@@H](O)[C@H](O)C2O)C1C.[Na+].[Na+]. The molecule has 2 aliphatic heterocycles. The van der Waals surface area contributed by atoms with Gasteiger partial charge in [0.15, 0.2) is 12.6 Å². The van der Waals surface area contributed by atoms with Gasteiger partial charge in [0.2, 0.25) is 10.4 Å². The number of rotatable bonds is 7. The maximum absolute atomic E-state index is 11.1. The van der Waals surface area contributed by atoms with Crippen LogP contribution in [0.3, 0.4) is 0 Å². The molecule has 4 N–H and O–H groups in total. The maximum Gasteiger partial charge on any atom is 1.00 e. The summed E-state index contributed by atoms with van der Waals surface area (Å²) in [6, 6.07) is 0. The summed E-state index contributed by atoms with van der Waals surface area (Å²) >= 11 is 0. The summed E-state index contributed by atoms with van der Waals surface area (Å²) in [5.74, 6) is -2.66. The predicted molar refractivity (Wildman–Crippen MR) is 83.1 cm³/mol. The summed E-state index contributed by atoms with van der Waals surface area (Å²) in [7, 11) is -3.86. The molecule has 0 spiro atoms. The molecule has 2 aliphatic rings. The molecule has 170 valence electrons. The van der Waals surface area contributed by atoms with Gasteiger partial charge >= 0.3 is 59.1 Å². The second-order valence-corrected chi connectivity index (χ2v) is 7.69. The van der Waals surface area contributed by atoms with Crippen LogP contribution in [0, 0.1) is 5.92 Å². The van der Waals surface area contributed by atoms with E-state index in [1.165, 1.54) is 14.0 Å². The van der Waals surface area contributed by atoms with Gasteiger partial charge in [-0.15, -0.1) is 0 Å². The van der Waals surface area contributed by atoms with Crippen molar-refractivity contribution in [3.8, 4) is 0 Å². The van der Waals surface area contributed by atoms with Crippen molar-refractivity contribution in [3.05, 3.63) is 0 Å². The number of carbonyl (C=O) groups is 1. The monoisotopic (exact) mass is 492 g/mol. The number of aliphatic hydroxyl groups excluding tert-OH is 4. The van der Waals surface area contributed by atoms with E-state index in [1.807, 2.05) is 0 Å². The minimum absolute atomic E-state index is 0. The Labute approximate surface area is 222 Å². The Morgan fingerprint density at radius 1 is 1.00 bits per heavy atom. The van der Waals surface area contributed by atoms with Crippen LogP contribution >= 0.6 is 0 Å². The van der Waals surface area contributed by atoms with Gasteiger partial charge in [-0.25, -0.2) is 8.42 Å². The zero-order valence-corrected chi connectivity index (χ0v) is 22.1. The normalized spacial score (nSPS) is 41.0. The third kappa shape index (κ3) is 8.03. The van der Waals surface area contributed by atoms with Gasteiger partial charge in [0.25, 0.3) is 0 Å². The van der Waals surface area contributed by atoms with E-state index in [0.29, 0.717) is 0 Å². The number of carboxylic acids is 1. The van der Waals surface area contributed by atoms with Crippen molar-refractivity contribution in [3.63, 3.8) is 0 Å². The van der Waals surface area contributed by atoms with Crippen LogP contribution in [0.2, 0.25) is 0 Å². The van der Waals surface area contributed by atoms with Crippen LogP contribution < -0.4 is 64.2 Å². The van der Waals surface area contributed by atoms with E-state index in [1.54, 1.807) is 0 Å². The van der Waals surface area contributed by atoms with Gasteiger partial charge in [-0.1, -0.05) is 6.92 Å². The Hall–Kier alpha value is 1.02. The molecule has 0 aromatic carbocycles. The van der Waals surface area contributed by atoms with Crippen molar-refractivity contribution in [1.82, 2.24) is 0 Å². The van der Waals surface area contributed by atoms with Crippen molar-refractivity contribution in [2.24, 2.45) is 5.92 Å². The quantitative estimate of drug-likeness (QED) is 0.147. The first-order valence-electron chi connectivity index (χ1n) is 8.40. The van der Waals surface area contributed by atoms with E-state index < -0.39 is 84.2 Å². The van der Waals surface area contributed by atoms with Crippen molar-refractivity contribution >= 4 is 16.4 Å². The fourth-order valence-electron chi connectivity index (χ4n) is 3.13. The summed E-state index contributed by atoms with van der Waals surface area (Å²) < 4.78 is 56.8. The molecule has 2 fully saturated rings. The van der Waals surface area contributed by atoms with Crippen LogP contribution in [0.1, 0.15) is 6.92 Å². The van der Waals surface area contributed by atoms with Crippen LogP contribution in [0.4, 0.5) is 0 Å². The fourth-order valence-corrected chi connectivity index (χ4v) is 3.43. The van der Waals surface area contributed by atoms with E-state index in [0.717, 1.165) is 0 Å². The molecule has 0 bridgehead atoms. The molecule has 0 saturated carbocycles. The largest absolute Gasteiger partial charge is 1.00 e. The predicted octanol–water partition coefficient (Wildman–Crippen LogP) is -11.2. The van der Waals surface area contributed by atoms with Crippen LogP contribution in [-0.4, -0.2) is 108 Å². The summed E-state index contributed by atoms with van der Waals surface area (Å²) in [5, 5.41) is 51.1. The zero-order valence-electron chi connectivity index (χ0n) is 17.3. The molecule has 0 aromatic rings. The van der Waals surface area contributed by atoms with Gasteiger partial charge in [0.05, 0.1) is 18.7 Å². The van der Waals surface area contributed by atoms with Crippen molar-refractivity contribution < 1.29 is 126 Å². The second kappa shape index (κ2) is 13.2. The van der Waals surface area contributed by atoms with Crippen LogP contribution in [0.15, 0.2) is 0 Å². The van der Waals surface area contributed by atoms with E-state index in [4.69, 9.17) is 18.9 Å². The minimum atomic E-state index is -5.09. The average Bonchev–Trinajstić information content (AvgIpc) is 2.63.